The van der Waals surface area contributed by atoms with Crippen LogP contribution in [0.1, 0.15) is 17.7 Å². The number of carbonyl (C=O) groups is 1. The number of halogens is 1. The quantitative estimate of drug-likeness (QED) is 0.584. The van der Waals surface area contributed by atoms with Crippen molar-refractivity contribution in [2.75, 3.05) is 25.1 Å². The maximum Gasteiger partial charge on any atom is 0.307 e. The number of aromatic nitrogens is 1. The molecule has 0 bridgehead atoms. The van der Waals surface area contributed by atoms with Crippen molar-refractivity contribution >= 4 is 35.0 Å². The average molecular weight is 399 g/mol. The third kappa shape index (κ3) is 3.90. The number of nitrogens with zero attached hydrogens (tertiary/aromatic N) is 2. The van der Waals surface area contributed by atoms with Crippen molar-refractivity contribution in [3.8, 4) is 11.5 Å². The molecule has 2 aromatic carbocycles. The molecule has 1 aliphatic heterocycles. The van der Waals surface area contributed by atoms with Gasteiger partial charge in [-0.1, -0.05) is 18.2 Å². The number of anilines is 1. The molecular formula is C22H23ClN2O3. The Hall–Kier alpha value is -2.79. The molecule has 28 heavy (non-hydrogen) atoms. The highest BCUT2D eigenvalue weighted by atomic mass is 35.5. The van der Waals surface area contributed by atoms with Gasteiger partial charge in [0.05, 0.1) is 24.7 Å². The highest BCUT2D eigenvalue weighted by Crippen LogP contribution is 2.38. The molecule has 0 spiro atoms. The molecule has 0 saturated heterocycles. The zero-order chi connectivity index (χ0) is 18.8. The summed E-state index contributed by atoms with van der Waals surface area (Å²) in [5.41, 5.74) is 4.41. The van der Waals surface area contributed by atoms with Gasteiger partial charge >= 0.3 is 5.97 Å². The van der Waals surface area contributed by atoms with E-state index in [4.69, 9.17) is 14.5 Å². The van der Waals surface area contributed by atoms with Crippen molar-refractivity contribution in [2.24, 2.45) is 0 Å². The van der Waals surface area contributed by atoms with Gasteiger partial charge in [0.25, 0.3) is 0 Å². The monoisotopic (exact) mass is 398 g/mol. The number of carbonyl (C=O) groups excluding carboxylic acids is 1. The molecule has 5 nitrogen and oxygen atoms in total. The number of aryl methyl sites for hydroxylation is 1. The minimum absolute atomic E-state index is 0. The summed E-state index contributed by atoms with van der Waals surface area (Å²) in [6.07, 6.45) is 1.31. The Kier molecular flexibility index (Phi) is 6.05. The normalized spacial score (nSPS) is 12.4. The fourth-order valence-corrected chi connectivity index (χ4v) is 3.64. The second-order valence-electron chi connectivity index (χ2n) is 6.68. The van der Waals surface area contributed by atoms with Crippen molar-refractivity contribution in [3.63, 3.8) is 0 Å². The third-order valence-electron chi connectivity index (χ3n) is 4.97. The molecule has 1 aromatic heterocycles. The molecule has 0 fully saturated rings. The summed E-state index contributed by atoms with van der Waals surface area (Å²) < 4.78 is 10.8. The van der Waals surface area contributed by atoms with E-state index in [9.17, 15) is 4.79 Å². The molecule has 0 radical (unpaired) electrons. The Bertz CT molecular complexity index is 992. The van der Waals surface area contributed by atoms with E-state index >= 15 is 0 Å². The Morgan fingerprint density at radius 1 is 1.14 bits per heavy atom. The Morgan fingerprint density at radius 2 is 1.93 bits per heavy atom. The molecule has 3 aromatic rings. The van der Waals surface area contributed by atoms with E-state index in [1.54, 1.807) is 0 Å². The van der Waals surface area contributed by atoms with Gasteiger partial charge in [0.15, 0.2) is 0 Å². The van der Waals surface area contributed by atoms with Crippen LogP contribution < -0.4 is 9.64 Å². The number of para-hydroxylation sites is 1. The van der Waals surface area contributed by atoms with Gasteiger partial charge in [0.1, 0.15) is 11.5 Å². The number of benzene rings is 2. The van der Waals surface area contributed by atoms with Crippen LogP contribution in [0.5, 0.6) is 11.5 Å². The van der Waals surface area contributed by atoms with Gasteiger partial charge in [-0.15, -0.1) is 12.4 Å². The van der Waals surface area contributed by atoms with Crippen molar-refractivity contribution in [1.82, 2.24) is 4.98 Å². The molecule has 4 rings (SSSR count). The van der Waals surface area contributed by atoms with Gasteiger partial charge in [0.2, 0.25) is 0 Å². The summed E-state index contributed by atoms with van der Waals surface area (Å²) in [5.74, 6) is 1.39. The summed E-state index contributed by atoms with van der Waals surface area (Å²) in [5, 5.41) is 1.06. The summed E-state index contributed by atoms with van der Waals surface area (Å²) in [4.78, 5) is 18.6. The predicted molar refractivity (Wildman–Crippen MR) is 113 cm³/mol. The van der Waals surface area contributed by atoms with Gasteiger partial charge in [-0.25, -0.2) is 0 Å². The summed E-state index contributed by atoms with van der Waals surface area (Å²) in [6, 6.07) is 15.7. The molecule has 0 saturated carbocycles. The van der Waals surface area contributed by atoms with Crippen LogP contribution in [0.4, 0.5) is 5.69 Å². The number of rotatable bonds is 5. The predicted octanol–water partition coefficient (Wildman–Crippen LogP) is 4.68. The SMILES string of the molecule is COC(=O)CCN1CCc2c(C)nc3ccc(Oc4ccccc4)cc3c21.Cl. The van der Waals surface area contributed by atoms with Gasteiger partial charge < -0.3 is 14.4 Å². The molecule has 0 aliphatic carbocycles. The molecule has 146 valence electrons. The lowest BCUT2D eigenvalue weighted by Crippen LogP contribution is -2.24. The van der Waals surface area contributed by atoms with E-state index in [1.165, 1.54) is 18.4 Å². The van der Waals surface area contributed by atoms with Crippen LogP contribution >= 0.6 is 12.4 Å². The summed E-state index contributed by atoms with van der Waals surface area (Å²) >= 11 is 0. The van der Waals surface area contributed by atoms with Crippen LogP contribution in [0.15, 0.2) is 48.5 Å². The number of hydrogen-bond acceptors (Lipinski definition) is 5. The van der Waals surface area contributed by atoms with Crippen molar-refractivity contribution < 1.29 is 14.3 Å². The minimum atomic E-state index is -0.188. The number of pyridine rings is 1. The second-order valence-corrected chi connectivity index (χ2v) is 6.68. The maximum atomic E-state index is 11.6. The van der Waals surface area contributed by atoms with Gasteiger partial charge in [-0.2, -0.15) is 0 Å². The van der Waals surface area contributed by atoms with Crippen molar-refractivity contribution in [3.05, 3.63) is 59.8 Å². The van der Waals surface area contributed by atoms with E-state index in [0.29, 0.717) is 13.0 Å². The van der Waals surface area contributed by atoms with Gasteiger partial charge in [-0.05, 0) is 49.2 Å². The molecule has 2 heterocycles. The molecule has 0 unspecified atom stereocenters. The third-order valence-corrected chi connectivity index (χ3v) is 4.97. The highest BCUT2D eigenvalue weighted by Gasteiger charge is 2.25. The molecule has 1 aliphatic rings. The summed E-state index contributed by atoms with van der Waals surface area (Å²) in [7, 11) is 1.43. The summed E-state index contributed by atoms with van der Waals surface area (Å²) in [6.45, 7) is 3.58. The van der Waals surface area contributed by atoms with Crippen molar-refractivity contribution in [1.29, 1.82) is 0 Å². The van der Waals surface area contributed by atoms with E-state index in [0.717, 1.165) is 41.1 Å². The van der Waals surface area contributed by atoms with Crippen LogP contribution in [0.2, 0.25) is 0 Å². The first-order chi connectivity index (χ1) is 13.2. The van der Waals surface area contributed by atoms with Gasteiger partial charge in [-0.3, -0.25) is 9.78 Å². The standard InChI is InChI=1S/C22H22N2O3.ClH/c1-15-18-10-12-24(13-11-21(25)26-2)22(18)19-14-17(8-9-20(19)23-15)27-16-6-4-3-5-7-16;/h3-9,14H,10-13H2,1-2H3;1H. The molecule has 6 heteroatoms. The zero-order valence-electron chi connectivity index (χ0n) is 16.0. The zero-order valence-corrected chi connectivity index (χ0v) is 16.8. The Labute approximate surface area is 170 Å². The number of esters is 1. The van der Waals surface area contributed by atoms with Crippen molar-refractivity contribution in [2.45, 2.75) is 19.8 Å². The van der Waals surface area contributed by atoms with Crippen LogP contribution in [0.25, 0.3) is 10.9 Å². The highest BCUT2D eigenvalue weighted by molar-refractivity contribution is 5.96. The lowest BCUT2D eigenvalue weighted by molar-refractivity contribution is -0.140. The molecular weight excluding hydrogens is 376 g/mol. The lowest BCUT2D eigenvalue weighted by atomic mass is 10.1. The van der Waals surface area contributed by atoms with E-state index < -0.39 is 0 Å². The fraction of sp³-hybridized carbons (Fsp3) is 0.273. The Balaban J connectivity index is 0.00000225. The van der Waals surface area contributed by atoms with Crippen LogP contribution in [-0.4, -0.2) is 31.2 Å². The smallest absolute Gasteiger partial charge is 0.307 e. The van der Waals surface area contributed by atoms with E-state index in [2.05, 4.69) is 11.8 Å². The minimum Gasteiger partial charge on any atom is -0.469 e. The number of ether oxygens (including phenoxy) is 2. The molecule has 0 N–H and O–H groups in total. The molecule has 0 amide bonds. The maximum absolute atomic E-state index is 11.6. The van der Waals surface area contributed by atoms with Crippen LogP contribution in [0, 0.1) is 6.92 Å². The first-order valence-electron chi connectivity index (χ1n) is 9.13. The first kappa shape index (κ1) is 20.0. The molecule has 0 atom stereocenters. The number of fused-ring (bicyclic) bond motifs is 3. The largest absolute Gasteiger partial charge is 0.469 e. The van der Waals surface area contributed by atoms with Crippen LogP contribution in [0.3, 0.4) is 0 Å². The fourth-order valence-electron chi connectivity index (χ4n) is 3.64. The van der Waals surface area contributed by atoms with Crippen LogP contribution in [-0.2, 0) is 16.0 Å². The second kappa shape index (κ2) is 8.48. The lowest BCUT2D eigenvalue weighted by Gasteiger charge is -2.21. The Morgan fingerprint density at radius 3 is 2.68 bits per heavy atom. The number of methoxy groups -OCH3 is 1. The number of hydrogen-bond donors (Lipinski definition) is 0. The first-order valence-corrected chi connectivity index (χ1v) is 9.13. The topological polar surface area (TPSA) is 51.7 Å². The van der Waals surface area contributed by atoms with Gasteiger partial charge in [0, 0.05) is 24.2 Å². The van der Waals surface area contributed by atoms with E-state index in [1.807, 2.05) is 48.5 Å². The van der Waals surface area contributed by atoms with E-state index in [-0.39, 0.29) is 18.4 Å². The average Bonchev–Trinajstić information content (AvgIpc) is 3.12.